The Bertz CT molecular complexity index is 1240. The second-order valence-electron chi connectivity index (χ2n) is 10.5. The first kappa shape index (κ1) is 27.6. The first-order chi connectivity index (χ1) is 18.0. The predicted octanol–water partition coefficient (Wildman–Crippen LogP) is 5.64. The van der Waals surface area contributed by atoms with Gasteiger partial charge in [-0.2, -0.15) is 13.2 Å². The predicted molar refractivity (Wildman–Crippen MR) is 141 cm³/mol. The average molecular weight is 589 g/mol. The fourth-order valence-electron chi connectivity index (χ4n) is 5.75. The van der Waals surface area contributed by atoms with Crippen LogP contribution in [0.2, 0.25) is 15.1 Å². The molecule has 2 bridgehead atoms. The second-order valence-corrected chi connectivity index (χ2v) is 11.8. The summed E-state index contributed by atoms with van der Waals surface area (Å²) in [5, 5.41) is 6.50. The second kappa shape index (κ2) is 10.5. The molecule has 5 nitrogen and oxygen atoms in total. The molecule has 2 aromatic rings. The van der Waals surface area contributed by atoms with Crippen molar-refractivity contribution in [1.82, 2.24) is 15.5 Å². The van der Waals surface area contributed by atoms with E-state index in [9.17, 15) is 22.8 Å². The molecule has 0 unspecified atom stereocenters. The summed E-state index contributed by atoms with van der Waals surface area (Å²) in [5.74, 6) is -0.638. The van der Waals surface area contributed by atoms with Gasteiger partial charge in [0.25, 0.3) is 0 Å². The van der Waals surface area contributed by atoms with Crippen LogP contribution in [0.1, 0.15) is 42.4 Å². The smallest absolute Gasteiger partial charge is 0.350 e. The monoisotopic (exact) mass is 587 g/mol. The Morgan fingerprint density at radius 2 is 1.68 bits per heavy atom. The fraction of sp³-hybridized carbons (Fsp3) is 0.481. The van der Waals surface area contributed by atoms with Gasteiger partial charge in [-0.05, 0) is 80.1 Å². The van der Waals surface area contributed by atoms with Gasteiger partial charge >= 0.3 is 6.18 Å². The third-order valence-corrected chi connectivity index (χ3v) is 8.82. The van der Waals surface area contributed by atoms with Gasteiger partial charge in [-0.25, -0.2) is 0 Å². The lowest BCUT2D eigenvalue weighted by Gasteiger charge is -2.45. The number of alkyl halides is 3. The van der Waals surface area contributed by atoms with Gasteiger partial charge in [0.1, 0.15) is 6.04 Å². The Morgan fingerprint density at radius 1 is 1.03 bits per heavy atom. The lowest BCUT2D eigenvalue weighted by molar-refractivity contribution is -0.138. The molecule has 38 heavy (non-hydrogen) atoms. The highest BCUT2D eigenvalue weighted by atomic mass is 35.5. The molecule has 2 aromatic carbocycles. The molecule has 3 heterocycles. The number of hydrogen-bond acceptors (Lipinski definition) is 3. The lowest BCUT2D eigenvalue weighted by atomic mass is 9.84. The summed E-state index contributed by atoms with van der Waals surface area (Å²) < 4.78 is 41.5. The van der Waals surface area contributed by atoms with Crippen molar-refractivity contribution in [2.75, 3.05) is 19.6 Å². The molecule has 11 heteroatoms. The summed E-state index contributed by atoms with van der Waals surface area (Å²) in [5.41, 5.74) is -1.42. The molecule has 0 aromatic heterocycles. The van der Waals surface area contributed by atoms with Crippen LogP contribution in [0.5, 0.6) is 0 Å². The van der Waals surface area contributed by atoms with Crippen LogP contribution in [-0.2, 0) is 27.6 Å². The number of nitrogens with one attached hydrogen (secondary N) is 2. The van der Waals surface area contributed by atoms with Crippen LogP contribution in [0.15, 0.2) is 36.4 Å². The number of rotatable bonds is 7. The zero-order valence-corrected chi connectivity index (χ0v) is 22.7. The highest BCUT2D eigenvalue weighted by Gasteiger charge is 2.53. The van der Waals surface area contributed by atoms with Crippen LogP contribution >= 0.6 is 34.8 Å². The number of nitrogens with zero attached hydrogens (tertiary/aromatic N) is 1. The maximum Gasteiger partial charge on any atom is 0.416 e. The molecule has 2 N–H and O–H groups in total. The molecular formula is C27H27Cl3F3N3O2. The first-order valence-electron chi connectivity index (χ1n) is 12.6. The Kier molecular flexibility index (Phi) is 7.63. The zero-order valence-electron chi connectivity index (χ0n) is 20.4. The average Bonchev–Trinajstić information content (AvgIpc) is 3.66. The summed E-state index contributed by atoms with van der Waals surface area (Å²) >= 11 is 18.3. The third-order valence-electron chi connectivity index (χ3n) is 8.04. The van der Waals surface area contributed by atoms with Gasteiger partial charge in [-0.1, -0.05) is 46.9 Å². The van der Waals surface area contributed by atoms with Crippen LogP contribution in [0.25, 0.3) is 0 Å². The molecule has 4 aliphatic rings. The van der Waals surface area contributed by atoms with Crippen molar-refractivity contribution in [2.24, 2.45) is 5.92 Å². The van der Waals surface area contributed by atoms with E-state index in [4.69, 9.17) is 34.8 Å². The van der Waals surface area contributed by atoms with Gasteiger partial charge in [-0.3, -0.25) is 9.59 Å². The van der Waals surface area contributed by atoms with Crippen molar-refractivity contribution in [3.63, 3.8) is 0 Å². The minimum absolute atomic E-state index is 0.0623. The highest BCUT2D eigenvalue weighted by molar-refractivity contribution is 6.35. The summed E-state index contributed by atoms with van der Waals surface area (Å²) in [7, 11) is 0. The van der Waals surface area contributed by atoms with Crippen LogP contribution in [0.4, 0.5) is 13.2 Å². The number of fused-ring (bicyclic) bond motifs is 3. The molecule has 3 aliphatic heterocycles. The van der Waals surface area contributed by atoms with E-state index in [1.165, 1.54) is 12.1 Å². The Morgan fingerprint density at radius 3 is 2.26 bits per heavy atom. The van der Waals surface area contributed by atoms with Gasteiger partial charge in [0, 0.05) is 34.1 Å². The molecular weight excluding hydrogens is 562 g/mol. The van der Waals surface area contributed by atoms with E-state index >= 15 is 0 Å². The quantitative estimate of drug-likeness (QED) is 0.441. The number of benzene rings is 2. The van der Waals surface area contributed by atoms with Gasteiger partial charge in [0.15, 0.2) is 0 Å². The molecule has 3 saturated heterocycles. The number of piperidine rings is 3. The van der Waals surface area contributed by atoms with Crippen molar-refractivity contribution < 1.29 is 22.8 Å². The van der Waals surface area contributed by atoms with E-state index in [0.717, 1.165) is 32.0 Å². The van der Waals surface area contributed by atoms with Gasteiger partial charge in [0.05, 0.1) is 11.0 Å². The Labute approximate surface area is 234 Å². The first-order valence-corrected chi connectivity index (χ1v) is 13.7. The van der Waals surface area contributed by atoms with Crippen molar-refractivity contribution in [3.05, 3.63) is 68.2 Å². The molecule has 204 valence electrons. The maximum absolute atomic E-state index is 13.8. The lowest BCUT2D eigenvalue weighted by Crippen LogP contribution is -2.60. The highest BCUT2D eigenvalue weighted by Crippen LogP contribution is 2.51. The Balaban J connectivity index is 1.42. The Hall–Kier alpha value is -2.00. The van der Waals surface area contributed by atoms with Crippen molar-refractivity contribution >= 4 is 46.6 Å². The van der Waals surface area contributed by atoms with Gasteiger partial charge in [-0.15, -0.1) is 0 Å². The van der Waals surface area contributed by atoms with E-state index < -0.39 is 35.0 Å². The topological polar surface area (TPSA) is 61.4 Å². The maximum atomic E-state index is 13.8. The molecule has 2 amide bonds. The SMILES string of the molecule is O=C(N[C@@H]1CN2CCC1CC2)[C@H](Cc1ccc(Cl)cc1C(F)(F)F)NC(=O)C1(c2ccc(Cl)cc2Cl)CC1. The molecule has 2 atom stereocenters. The summed E-state index contributed by atoms with van der Waals surface area (Å²) in [4.78, 5) is 29.4. The molecule has 6 rings (SSSR count). The normalized spacial score (nSPS) is 24.5. The fourth-order valence-corrected chi connectivity index (χ4v) is 6.51. The standard InChI is InChI=1S/C27H27Cl3F3N3O2/c28-17-2-1-16(20(12-17)27(31,32)33)11-22(24(37)34-23-14-36-9-5-15(23)6-10-36)35-25(38)26(7-8-26)19-4-3-18(29)13-21(19)30/h1-4,12-13,15,22-23H,5-11,14H2,(H,34,37)(H,35,38)/t22-,23+/m0/s1. The van der Waals surface area contributed by atoms with E-state index in [1.807, 2.05) is 0 Å². The summed E-state index contributed by atoms with van der Waals surface area (Å²) in [6.45, 7) is 2.64. The zero-order chi connectivity index (χ0) is 27.2. The van der Waals surface area contributed by atoms with Crippen LogP contribution in [0, 0.1) is 5.92 Å². The molecule has 4 fully saturated rings. The number of amides is 2. The third kappa shape index (κ3) is 5.64. The largest absolute Gasteiger partial charge is 0.416 e. The van der Waals surface area contributed by atoms with Crippen molar-refractivity contribution in [1.29, 1.82) is 0 Å². The van der Waals surface area contributed by atoms with E-state index in [1.54, 1.807) is 18.2 Å². The molecule has 1 aliphatic carbocycles. The molecule has 0 spiro atoms. The van der Waals surface area contributed by atoms with Crippen LogP contribution < -0.4 is 10.6 Å². The molecule has 1 saturated carbocycles. The number of carbonyl (C=O) groups excluding carboxylic acids is 2. The van der Waals surface area contributed by atoms with Crippen LogP contribution in [0.3, 0.4) is 0 Å². The van der Waals surface area contributed by atoms with E-state index in [0.29, 0.717) is 40.9 Å². The van der Waals surface area contributed by atoms with Gasteiger partial charge in [0.2, 0.25) is 11.8 Å². The summed E-state index contributed by atoms with van der Waals surface area (Å²) in [6.07, 6.45) is -2.10. The van der Waals surface area contributed by atoms with Crippen molar-refractivity contribution in [2.45, 2.75) is 55.8 Å². The number of carbonyl (C=O) groups is 2. The van der Waals surface area contributed by atoms with Crippen LogP contribution in [-0.4, -0.2) is 48.4 Å². The minimum Gasteiger partial charge on any atom is -0.350 e. The van der Waals surface area contributed by atoms with E-state index in [-0.39, 0.29) is 23.0 Å². The molecule has 0 radical (unpaired) electrons. The number of halogens is 6. The van der Waals surface area contributed by atoms with E-state index in [2.05, 4.69) is 15.5 Å². The minimum atomic E-state index is -4.67. The van der Waals surface area contributed by atoms with Crippen molar-refractivity contribution in [3.8, 4) is 0 Å². The summed E-state index contributed by atoms with van der Waals surface area (Å²) in [6, 6.07) is 6.99. The van der Waals surface area contributed by atoms with Gasteiger partial charge < -0.3 is 15.5 Å². The number of hydrogen-bond donors (Lipinski definition) is 2.